The Kier molecular flexibility index (Phi) is 24.9. The number of ketones is 1. The maximum absolute atomic E-state index is 12.8. The summed E-state index contributed by atoms with van der Waals surface area (Å²) in [5.41, 5.74) is 0. The molecule has 0 saturated carbocycles. The number of unbranched alkanes of at least 4 members (excludes halogenated alkanes) is 18. The van der Waals surface area contributed by atoms with E-state index in [9.17, 15) is 15.0 Å². The first kappa shape index (κ1) is 31.6. The second kappa shape index (κ2) is 25.2. The minimum absolute atomic E-state index is 0.0647. The van der Waals surface area contributed by atoms with Crippen molar-refractivity contribution in [3.8, 4) is 0 Å². The van der Waals surface area contributed by atoms with E-state index in [1.165, 1.54) is 103 Å². The zero-order valence-electron chi connectivity index (χ0n) is 21.9. The monoisotopic (exact) mass is 454 g/mol. The summed E-state index contributed by atoms with van der Waals surface area (Å²) in [4.78, 5) is 12.8. The lowest BCUT2D eigenvalue weighted by molar-refractivity contribution is -0.129. The molecule has 32 heavy (non-hydrogen) atoms. The SMILES string of the molecule is CCCCCCCCCCCCC(CO)C(=O)C(CO)CCCCCCCCCCCC. The smallest absolute Gasteiger partial charge is 0.143 e. The molecule has 0 aliphatic rings. The van der Waals surface area contributed by atoms with Crippen LogP contribution in [0.5, 0.6) is 0 Å². The molecular formula is C29H58O3. The van der Waals surface area contributed by atoms with Crippen molar-refractivity contribution in [2.45, 2.75) is 155 Å². The van der Waals surface area contributed by atoms with Crippen molar-refractivity contribution in [1.82, 2.24) is 0 Å². The predicted molar refractivity (Wildman–Crippen MR) is 139 cm³/mol. The third kappa shape index (κ3) is 19.1. The lowest BCUT2D eigenvalue weighted by atomic mass is 9.86. The highest BCUT2D eigenvalue weighted by molar-refractivity contribution is 5.83. The predicted octanol–water partition coefficient (Wildman–Crippen LogP) is 8.39. The summed E-state index contributed by atoms with van der Waals surface area (Å²) in [6.45, 7) is 4.38. The van der Waals surface area contributed by atoms with Crippen LogP contribution in [0, 0.1) is 11.8 Å². The van der Waals surface area contributed by atoms with E-state index in [0.29, 0.717) is 0 Å². The number of carbonyl (C=O) groups excluding carboxylic acids is 1. The Balaban J connectivity index is 3.79. The van der Waals surface area contributed by atoms with Gasteiger partial charge >= 0.3 is 0 Å². The first-order valence-corrected chi connectivity index (χ1v) is 14.5. The molecule has 0 radical (unpaired) electrons. The number of hydrogen-bond acceptors (Lipinski definition) is 3. The Labute approximate surface area is 201 Å². The molecule has 0 saturated heterocycles. The molecule has 0 amide bonds. The van der Waals surface area contributed by atoms with Gasteiger partial charge in [0.15, 0.2) is 0 Å². The lowest BCUT2D eigenvalue weighted by Gasteiger charge is -2.19. The Morgan fingerprint density at radius 1 is 0.469 bits per heavy atom. The molecule has 2 atom stereocenters. The molecule has 0 heterocycles. The van der Waals surface area contributed by atoms with Gasteiger partial charge in [-0.05, 0) is 12.8 Å². The quantitative estimate of drug-likeness (QED) is 0.129. The van der Waals surface area contributed by atoms with E-state index in [1.807, 2.05) is 0 Å². The minimum atomic E-state index is -0.274. The van der Waals surface area contributed by atoms with E-state index < -0.39 is 0 Å². The molecule has 2 N–H and O–H groups in total. The highest BCUT2D eigenvalue weighted by atomic mass is 16.3. The van der Waals surface area contributed by atoms with Crippen LogP contribution in [0.3, 0.4) is 0 Å². The highest BCUT2D eigenvalue weighted by Crippen LogP contribution is 2.21. The first-order valence-electron chi connectivity index (χ1n) is 14.5. The van der Waals surface area contributed by atoms with Gasteiger partial charge in [-0.25, -0.2) is 0 Å². The molecule has 0 aromatic rings. The molecule has 3 heteroatoms. The summed E-state index contributed by atoms with van der Waals surface area (Å²) in [5, 5.41) is 19.5. The van der Waals surface area contributed by atoms with E-state index in [-0.39, 0.29) is 30.8 Å². The van der Waals surface area contributed by atoms with Crippen molar-refractivity contribution in [2.75, 3.05) is 13.2 Å². The van der Waals surface area contributed by atoms with E-state index in [1.54, 1.807) is 0 Å². The molecule has 0 bridgehead atoms. The molecule has 0 fully saturated rings. The Morgan fingerprint density at radius 3 is 0.969 bits per heavy atom. The third-order valence-corrected chi connectivity index (χ3v) is 7.06. The van der Waals surface area contributed by atoms with Crippen LogP contribution in [0.15, 0.2) is 0 Å². The zero-order chi connectivity index (χ0) is 23.7. The van der Waals surface area contributed by atoms with Gasteiger partial charge in [0.05, 0.1) is 13.2 Å². The number of aliphatic hydroxyl groups is 2. The van der Waals surface area contributed by atoms with Gasteiger partial charge in [-0.1, -0.05) is 142 Å². The number of hydrogen-bond donors (Lipinski definition) is 2. The molecule has 0 aliphatic heterocycles. The van der Waals surface area contributed by atoms with Crippen LogP contribution in [0.2, 0.25) is 0 Å². The molecule has 3 nitrogen and oxygen atoms in total. The summed E-state index contributed by atoms with van der Waals surface area (Å²) in [7, 11) is 0. The fourth-order valence-corrected chi connectivity index (χ4v) is 4.74. The van der Waals surface area contributed by atoms with Crippen LogP contribution in [-0.2, 0) is 4.79 Å². The number of rotatable bonds is 26. The van der Waals surface area contributed by atoms with Gasteiger partial charge < -0.3 is 10.2 Å². The molecule has 2 unspecified atom stereocenters. The molecule has 0 spiro atoms. The van der Waals surface area contributed by atoms with Crippen LogP contribution < -0.4 is 0 Å². The topological polar surface area (TPSA) is 57.5 Å². The fourth-order valence-electron chi connectivity index (χ4n) is 4.74. The molecule has 0 rings (SSSR count). The van der Waals surface area contributed by atoms with E-state index in [0.717, 1.165) is 38.5 Å². The Bertz CT molecular complexity index is 349. The van der Waals surface area contributed by atoms with Crippen LogP contribution in [0.1, 0.15) is 155 Å². The maximum Gasteiger partial charge on any atom is 0.143 e. The Morgan fingerprint density at radius 2 is 0.719 bits per heavy atom. The van der Waals surface area contributed by atoms with Gasteiger partial charge in [0, 0.05) is 11.8 Å². The normalized spacial score (nSPS) is 13.4. The number of aliphatic hydroxyl groups excluding tert-OH is 2. The van der Waals surface area contributed by atoms with Gasteiger partial charge in [-0.3, -0.25) is 4.79 Å². The summed E-state index contributed by atoms with van der Waals surface area (Å²) < 4.78 is 0. The second-order valence-corrected chi connectivity index (χ2v) is 10.1. The van der Waals surface area contributed by atoms with Crippen LogP contribution >= 0.6 is 0 Å². The maximum atomic E-state index is 12.8. The largest absolute Gasteiger partial charge is 0.396 e. The number of carbonyl (C=O) groups is 1. The molecular weight excluding hydrogens is 396 g/mol. The van der Waals surface area contributed by atoms with Crippen molar-refractivity contribution in [1.29, 1.82) is 0 Å². The van der Waals surface area contributed by atoms with Gasteiger partial charge in [0.1, 0.15) is 5.78 Å². The first-order chi connectivity index (χ1) is 15.7. The third-order valence-electron chi connectivity index (χ3n) is 7.06. The fraction of sp³-hybridized carbons (Fsp3) is 0.966. The summed E-state index contributed by atoms with van der Waals surface area (Å²) >= 11 is 0. The van der Waals surface area contributed by atoms with Crippen LogP contribution in [0.25, 0.3) is 0 Å². The van der Waals surface area contributed by atoms with Crippen molar-refractivity contribution < 1.29 is 15.0 Å². The van der Waals surface area contributed by atoms with Gasteiger partial charge in [-0.15, -0.1) is 0 Å². The summed E-state index contributed by atoms with van der Waals surface area (Å²) in [5.74, 6) is -0.449. The van der Waals surface area contributed by atoms with Crippen LogP contribution in [-0.4, -0.2) is 29.2 Å². The van der Waals surface area contributed by atoms with Gasteiger partial charge in [-0.2, -0.15) is 0 Å². The van der Waals surface area contributed by atoms with Crippen molar-refractivity contribution >= 4 is 5.78 Å². The van der Waals surface area contributed by atoms with E-state index in [4.69, 9.17) is 0 Å². The molecule has 0 aliphatic carbocycles. The van der Waals surface area contributed by atoms with E-state index in [2.05, 4.69) is 13.8 Å². The highest BCUT2D eigenvalue weighted by Gasteiger charge is 2.25. The Hall–Kier alpha value is -0.410. The molecule has 0 aromatic heterocycles. The standard InChI is InChI=1S/C29H58O3/c1-3-5-7-9-11-13-15-17-19-21-23-27(25-30)29(32)28(26-31)24-22-20-18-16-14-12-10-8-6-4-2/h27-28,30-31H,3-26H2,1-2H3. The minimum Gasteiger partial charge on any atom is -0.396 e. The molecule has 0 aromatic carbocycles. The lowest BCUT2D eigenvalue weighted by Crippen LogP contribution is -2.28. The second-order valence-electron chi connectivity index (χ2n) is 10.1. The zero-order valence-corrected chi connectivity index (χ0v) is 21.9. The summed E-state index contributed by atoms with van der Waals surface area (Å²) in [6.07, 6.45) is 27.2. The van der Waals surface area contributed by atoms with Crippen molar-refractivity contribution in [3.05, 3.63) is 0 Å². The molecule has 192 valence electrons. The number of Topliss-reactive ketones (excluding diaryl/α,β-unsaturated/α-hetero) is 1. The van der Waals surface area contributed by atoms with Crippen molar-refractivity contribution in [2.24, 2.45) is 11.8 Å². The van der Waals surface area contributed by atoms with Crippen molar-refractivity contribution in [3.63, 3.8) is 0 Å². The van der Waals surface area contributed by atoms with Gasteiger partial charge in [0.2, 0.25) is 0 Å². The van der Waals surface area contributed by atoms with Gasteiger partial charge in [0.25, 0.3) is 0 Å². The average molecular weight is 455 g/mol. The average Bonchev–Trinajstić information content (AvgIpc) is 2.81. The summed E-state index contributed by atoms with van der Waals surface area (Å²) in [6, 6.07) is 0. The van der Waals surface area contributed by atoms with E-state index >= 15 is 0 Å². The van der Waals surface area contributed by atoms with Crippen LogP contribution in [0.4, 0.5) is 0 Å².